The molecule has 0 aliphatic rings. The largest absolute Gasteiger partial charge is 0.208 e. The maximum atomic E-state index is 5.25. The molecule has 0 saturated carbocycles. The highest BCUT2D eigenvalue weighted by atomic mass is 32.1. The lowest BCUT2D eigenvalue weighted by Gasteiger charge is -2.17. The van der Waals surface area contributed by atoms with E-state index in [9.17, 15) is 0 Å². The third kappa shape index (κ3) is 4.53. The fourth-order valence-corrected chi connectivity index (χ4v) is 8.44. The summed E-state index contributed by atoms with van der Waals surface area (Å²) in [6.45, 7) is 0. The molecule has 49 heavy (non-hydrogen) atoms. The van der Waals surface area contributed by atoms with Gasteiger partial charge in [-0.05, 0) is 62.3 Å². The average Bonchev–Trinajstić information content (AvgIpc) is 3.57. The SMILES string of the molecule is c1ccc(-c2nc(-c3ccccc3)nc(-c3cc(-c4cccc5sc6ccccc6c45)cc4c5ccccc5c5ccccc5c34)n2)cc1. The molecule has 0 atom stereocenters. The van der Waals surface area contributed by atoms with Crippen LogP contribution >= 0.6 is 11.3 Å². The molecule has 8 aromatic carbocycles. The molecular formula is C45H27N3S. The molecule has 2 heterocycles. The molecule has 0 saturated heterocycles. The van der Waals surface area contributed by atoms with Crippen LogP contribution in [-0.2, 0) is 0 Å². The summed E-state index contributed by atoms with van der Waals surface area (Å²) in [4.78, 5) is 15.5. The standard InChI is InChI=1S/C45H27N3S/c1-3-14-28(15-4-1)43-46-44(29-16-5-2-6-17-29)48-45(47-43)38-27-30(31-23-13-25-40-42(31)36-22-11-12-24-39(36)49-40)26-37-34-20-8-7-18-32(34)33-19-9-10-21-35(33)41(37)38/h1-27H. The van der Waals surface area contributed by atoms with Crippen molar-refractivity contribution in [2.24, 2.45) is 0 Å². The molecule has 0 radical (unpaired) electrons. The van der Waals surface area contributed by atoms with E-state index < -0.39 is 0 Å². The molecule has 0 N–H and O–H groups in total. The maximum absolute atomic E-state index is 5.25. The van der Waals surface area contributed by atoms with Gasteiger partial charge in [0, 0.05) is 42.2 Å². The van der Waals surface area contributed by atoms with Gasteiger partial charge in [-0.1, -0.05) is 140 Å². The molecule has 10 rings (SSSR count). The monoisotopic (exact) mass is 641 g/mol. The molecule has 0 aliphatic carbocycles. The molecule has 3 nitrogen and oxygen atoms in total. The molecule has 0 aliphatic heterocycles. The van der Waals surface area contributed by atoms with Gasteiger partial charge in [0.05, 0.1) is 0 Å². The Morgan fingerprint density at radius 2 is 0.816 bits per heavy atom. The van der Waals surface area contributed by atoms with Crippen molar-refractivity contribution in [3.8, 4) is 45.3 Å². The second-order valence-corrected chi connectivity index (χ2v) is 13.4. The number of thiophene rings is 1. The van der Waals surface area contributed by atoms with Crippen LogP contribution in [0.4, 0.5) is 0 Å². The van der Waals surface area contributed by atoms with Gasteiger partial charge in [-0.2, -0.15) is 0 Å². The van der Waals surface area contributed by atoms with Crippen LogP contribution in [0.2, 0.25) is 0 Å². The maximum Gasteiger partial charge on any atom is 0.164 e. The Kier molecular flexibility index (Phi) is 6.36. The lowest BCUT2D eigenvalue weighted by atomic mass is 9.88. The van der Waals surface area contributed by atoms with Crippen molar-refractivity contribution < 1.29 is 0 Å². The first-order valence-electron chi connectivity index (χ1n) is 16.5. The van der Waals surface area contributed by atoms with E-state index in [2.05, 4.69) is 127 Å². The number of nitrogens with zero attached hydrogens (tertiary/aromatic N) is 3. The summed E-state index contributed by atoms with van der Waals surface area (Å²) < 4.78 is 2.57. The molecule has 0 spiro atoms. The number of hydrogen-bond donors (Lipinski definition) is 0. The molecule has 10 aromatic rings. The van der Waals surface area contributed by atoms with Gasteiger partial charge >= 0.3 is 0 Å². The summed E-state index contributed by atoms with van der Waals surface area (Å²) in [6.07, 6.45) is 0. The minimum absolute atomic E-state index is 0.652. The molecule has 228 valence electrons. The van der Waals surface area contributed by atoms with E-state index in [4.69, 9.17) is 15.0 Å². The highest BCUT2D eigenvalue weighted by molar-refractivity contribution is 7.25. The number of fused-ring (bicyclic) bond motifs is 9. The summed E-state index contributed by atoms with van der Waals surface area (Å²) >= 11 is 1.85. The van der Waals surface area contributed by atoms with E-state index in [1.54, 1.807) is 0 Å². The van der Waals surface area contributed by atoms with Crippen LogP contribution in [0.5, 0.6) is 0 Å². The van der Waals surface area contributed by atoms with Crippen molar-refractivity contribution in [2.45, 2.75) is 0 Å². The zero-order valence-electron chi connectivity index (χ0n) is 26.3. The summed E-state index contributed by atoms with van der Waals surface area (Å²) in [7, 11) is 0. The van der Waals surface area contributed by atoms with Crippen molar-refractivity contribution in [3.63, 3.8) is 0 Å². The first kappa shape index (κ1) is 27.8. The second-order valence-electron chi connectivity index (χ2n) is 12.4. The van der Waals surface area contributed by atoms with E-state index in [0.29, 0.717) is 17.5 Å². The number of benzene rings is 8. The third-order valence-corrected chi connectivity index (χ3v) is 10.6. The fraction of sp³-hybridized carbons (Fsp3) is 0. The van der Waals surface area contributed by atoms with Crippen LogP contribution in [0.1, 0.15) is 0 Å². The first-order valence-corrected chi connectivity index (χ1v) is 17.3. The molecule has 0 amide bonds. The average molecular weight is 642 g/mol. The van der Waals surface area contributed by atoms with Crippen molar-refractivity contribution in [2.75, 3.05) is 0 Å². The molecule has 2 aromatic heterocycles. The summed E-state index contributed by atoms with van der Waals surface area (Å²) in [5.41, 5.74) is 5.24. The van der Waals surface area contributed by atoms with Crippen LogP contribution in [0, 0.1) is 0 Å². The molecule has 0 fully saturated rings. The van der Waals surface area contributed by atoms with E-state index in [-0.39, 0.29) is 0 Å². The lowest BCUT2D eigenvalue weighted by molar-refractivity contribution is 1.08. The summed E-state index contributed by atoms with van der Waals surface area (Å²) in [6, 6.07) is 58.0. The number of rotatable bonds is 4. The zero-order valence-corrected chi connectivity index (χ0v) is 27.2. The highest BCUT2D eigenvalue weighted by Gasteiger charge is 2.20. The molecule has 0 unspecified atom stereocenters. The number of aromatic nitrogens is 3. The van der Waals surface area contributed by atoms with Gasteiger partial charge in [-0.15, -0.1) is 11.3 Å². The Hall–Kier alpha value is -6.23. The molecule has 0 bridgehead atoms. The second kappa shape index (κ2) is 11.2. The smallest absolute Gasteiger partial charge is 0.164 e. The van der Waals surface area contributed by atoms with Crippen molar-refractivity contribution in [1.29, 1.82) is 0 Å². The predicted octanol–water partition coefficient (Wildman–Crippen LogP) is 12.4. The van der Waals surface area contributed by atoms with Gasteiger partial charge in [0.15, 0.2) is 17.5 Å². The van der Waals surface area contributed by atoms with Gasteiger partial charge in [0.25, 0.3) is 0 Å². The van der Waals surface area contributed by atoms with Crippen LogP contribution in [-0.4, -0.2) is 15.0 Å². The predicted molar refractivity (Wildman–Crippen MR) is 207 cm³/mol. The van der Waals surface area contributed by atoms with Gasteiger partial charge in [-0.3, -0.25) is 0 Å². The van der Waals surface area contributed by atoms with Crippen LogP contribution in [0.15, 0.2) is 164 Å². The summed E-state index contributed by atoms with van der Waals surface area (Å²) in [5, 5.41) is 9.72. The minimum atomic E-state index is 0.652. The van der Waals surface area contributed by atoms with Gasteiger partial charge in [-0.25, -0.2) is 15.0 Å². The van der Waals surface area contributed by atoms with Crippen LogP contribution in [0.3, 0.4) is 0 Å². The van der Waals surface area contributed by atoms with E-state index in [1.807, 2.05) is 47.7 Å². The highest BCUT2D eigenvalue weighted by Crippen LogP contribution is 2.45. The Labute approximate surface area is 286 Å². The Bertz CT molecular complexity index is 2820. The van der Waals surface area contributed by atoms with Crippen molar-refractivity contribution in [1.82, 2.24) is 15.0 Å². The van der Waals surface area contributed by atoms with Gasteiger partial charge in [0.2, 0.25) is 0 Å². The molecular weight excluding hydrogens is 615 g/mol. The number of hydrogen-bond acceptors (Lipinski definition) is 4. The Morgan fingerprint density at radius 3 is 1.49 bits per heavy atom. The van der Waals surface area contributed by atoms with Gasteiger partial charge in [0.1, 0.15) is 0 Å². The first-order chi connectivity index (χ1) is 24.3. The van der Waals surface area contributed by atoms with Crippen LogP contribution in [0.25, 0.3) is 97.8 Å². The summed E-state index contributed by atoms with van der Waals surface area (Å²) in [5.74, 6) is 1.96. The Morgan fingerprint density at radius 1 is 0.306 bits per heavy atom. The van der Waals surface area contributed by atoms with Crippen LogP contribution < -0.4 is 0 Å². The van der Waals surface area contributed by atoms with Gasteiger partial charge < -0.3 is 0 Å². The van der Waals surface area contributed by atoms with E-state index >= 15 is 0 Å². The Balaban J connectivity index is 1.37. The minimum Gasteiger partial charge on any atom is -0.208 e. The topological polar surface area (TPSA) is 38.7 Å². The van der Waals surface area contributed by atoms with Crippen molar-refractivity contribution in [3.05, 3.63) is 164 Å². The van der Waals surface area contributed by atoms with E-state index in [1.165, 1.54) is 52.7 Å². The lowest BCUT2D eigenvalue weighted by Crippen LogP contribution is -2.01. The normalized spacial score (nSPS) is 11.7. The zero-order chi connectivity index (χ0) is 32.3. The molecule has 4 heteroatoms. The third-order valence-electron chi connectivity index (χ3n) is 9.50. The quantitative estimate of drug-likeness (QED) is 0.180. The van der Waals surface area contributed by atoms with E-state index in [0.717, 1.165) is 27.6 Å². The van der Waals surface area contributed by atoms with Crippen molar-refractivity contribution >= 4 is 63.8 Å². The fourth-order valence-electron chi connectivity index (χ4n) is 7.31.